The normalized spacial score (nSPS) is 10.2. The van der Waals surface area contributed by atoms with E-state index in [0.717, 1.165) is 35.5 Å². The first-order chi connectivity index (χ1) is 9.28. The minimum Gasteiger partial charge on any atom is -0.494 e. The van der Waals surface area contributed by atoms with Crippen LogP contribution in [0, 0.1) is 0 Å². The standard InChI is InChI=1S/C16H18BrNO/c1-2-10-19-16-5-3-4-13(11-16)12-18-15-8-6-14(17)7-9-15/h3-9,11,18H,2,10,12H2,1H3. The highest BCUT2D eigenvalue weighted by Gasteiger charge is 1.97. The first-order valence-electron chi connectivity index (χ1n) is 6.49. The van der Waals surface area contributed by atoms with Gasteiger partial charge in [0.1, 0.15) is 5.75 Å². The summed E-state index contributed by atoms with van der Waals surface area (Å²) in [6, 6.07) is 16.4. The molecule has 0 unspecified atom stereocenters. The third-order valence-electron chi connectivity index (χ3n) is 2.71. The number of ether oxygens (including phenoxy) is 1. The third kappa shape index (κ3) is 4.60. The van der Waals surface area contributed by atoms with Gasteiger partial charge in [0.2, 0.25) is 0 Å². The van der Waals surface area contributed by atoms with Gasteiger partial charge < -0.3 is 10.1 Å². The molecule has 0 amide bonds. The molecular weight excluding hydrogens is 302 g/mol. The van der Waals surface area contributed by atoms with Crippen LogP contribution in [0.2, 0.25) is 0 Å². The Morgan fingerprint density at radius 3 is 2.63 bits per heavy atom. The lowest BCUT2D eigenvalue weighted by Crippen LogP contribution is -2.00. The summed E-state index contributed by atoms with van der Waals surface area (Å²) >= 11 is 3.43. The Morgan fingerprint density at radius 2 is 1.89 bits per heavy atom. The summed E-state index contributed by atoms with van der Waals surface area (Å²) < 4.78 is 6.72. The van der Waals surface area contributed by atoms with E-state index in [0.29, 0.717) is 0 Å². The molecule has 1 N–H and O–H groups in total. The van der Waals surface area contributed by atoms with Gasteiger partial charge in [-0.15, -0.1) is 0 Å². The first kappa shape index (κ1) is 13.9. The van der Waals surface area contributed by atoms with Crippen molar-refractivity contribution >= 4 is 21.6 Å². The van der Waals surface area contributed by atoms with Crippen molar-refractivity contribution in [3.05, 3.63) is 58.6 Å². The number of benzene rings is 2. The fraction of sp³-hybridized carbons (Fsp3) is 0.250. The lowest BCUT2D eigenvalue weighted by Gasteiger charge is -2.09. The Kier molecular flexibility index (Phi) is 5.28. The quantitative estimate of drug-likeness (QED) is 0.821. The molecule has 100 valence electrons. The van der Waals surface area contributed by atoms with E-state index in [1.54, 1.807) is 0 Å². The molecule has 0 aliphatic carbocycles. The Balaban J connectivity index is 1.93. The van der Waals surface area contributed by atoms with Crippen molar-refractivity contribution in [2.75, 3.05) is 11.9 Å². The predicted molar refractivity (Wildman–Crippen MR) is 83.7 cm³/mol. The van der Waals surface area contributed by atoms with Crippen LogP contribution in [0.4, 0.5) is 5.69 Å². The minimum absolute atomic E-state index is 0.767. The Bertz CT molecular complexity index is 510. The van der Waals surface area contributed by atoms with Gasteiger partial charge in [-0.3, -0.25) is 0 Å². The van der Waals surface area contributed by atoms with E-state index < -0.39 is 0 Å². The highest BCUT2D eigenvalue weighted by molar-refractivity contribution is 9.10. The molecule has 0 aliphatic rings. The van der Waals surface area contributed by atoms with Crippen molar-refractivity contribution in [2.24, 2.45) is 0 Å². The van der Waals surface area contributed by atoms with E-state index in [2.05, 4.69) is 52.4 Å². The zero-order valence-electron chi connectivity index (χ0n) is 11.0. The van der Waals surface area contributed by atoms with Crippen LogP contribution < -0.4 is 10.1 Å². The molecule has 3 heteroatoms. The first-order valence-corrected chi connectivity index (χ1v) is 7.28. The van der Waals surface area contributed by atoms with Crippen LogP contribution in [0.5, 0.6) is 5.75 Å². The number of anilines is 1. The van der Waals surface area contributed by atoms with Gasteiger partial charge in [-0.05, 0) is 48.4 Å². The van der Waals surface area contributed by atoms with Crippen molar-refractivity contribution < 1.29 is 4.74 Å². The van der Waals surface area contributed by atoms with Crippen LogP contribution in [0.3, 0.4) is 0 Å². The van der Waals surface area contributed by atoms with Crippen molar-refractivity contribution in [2.45, 2.75) is 19.9 Å². The maximum absolute atomic E-state index is 5.63. The number of nitrogens with one attached hydrogen (secondary N) is 1. The van der Waals surface area contributed by atoms with Gasteiger partial charge in [-0.1, -0.05) is 35.0 Å². The van der Waals surface area contributed by atoms with Gasteiger partial charge in [-0.2, -0.15) is 0 Å². The molecule has 0 saturated heterocycles. The van der Waals surface area contributed by atoms with Crippen LogP contribution in [0.25, 0.3) is 0 Å². The van der Waals surface area contributed by atoms with E-state index in [4.69, 9.17) is 4.74 Å². The molecule has 0 saturated carbocycles. The van der Waals surface area contributed by atoms with E-state index in [1.165, 1.54) is 5.56 Å². The van der Waals surface area contributed by atoms with E-state index in [-0.39, 0.29) is 0 Å². The van der Waals surface area contributed by atoms with Gasteiger partial charge in [0.15, 0.2) is 0 Å². The molecule has 2 rings (SSSR count). The van der Waals surface area contributed by atoms with Gasteiger partial charge in [0.25, 0.3) is 0 Å². The molecule has 2 aromatic rings. The van der Waals surface area contributed by atoms with Crippen molar-refractivity contribution in [1.82, 2.24) is 0 Å². The highest BCUT2D eigenvalue weighted by Crippen LogP contribution is 2.17. The monoisotopic (exact) mass is 319 g/mol. The second kappa shape index (κ2) is 7.19. The fourth-order valence-electron chi connectivity index (χ4n) is 1.74. The van der Waals surface area contributed by atoms with Crippen molar-refractivity contribution in [1.29, 1.82) is 0 Å². The second-order valence-corrected chi connectivity index (χ2v) is 5.27. The summed E-state index contributed by atoms with van der Waals surface area (Å²) in [7, 11) is 0. The summed E-state index contributed by atoms with van der Waals surface area (Å²) in [4.78, 5) is 0. The van der Waals surface area contributed by atoms with Crippen LogP contribution >= 0.6 is 15.9 Å². The van der Waals surface area contributed by atoms with Crippen LogP contribution in [0.1, 0.15) is 18.9 Å². The topological polar surface area (TPSA) is 21.3 Å². The van der Waals surface area contributed by atoms with Gasteiger partial charge >= 0.3 is 0 Å². The maximum atomic E-state index is 5.63. The minimum atomic E-state index is 0.767. The summed E-state index contributed by atoms with van der Waals surface area (Å²) in [5.74, 6) is 0.942. The lowest BCUT2D eigenvalue weighted by molar-refractivity contribution is 0.317. The van der Waals surface area contributed by atoms with Gasteiger partial charge in [0.05, 0.1) is 6.61 Å². The van der Waals surface area contributed by atoms with Gasteiger partial charge in [0, 0.05) is 16.7 Å². The summed E-state index contributed by atoms with van der Waals surface area (Å²) in [6.45, 7) is 3.67. The van der Waals surface area contributed by atoms with Crippen LogP contribution in [-0.2, 0) is 6.54 Å². The summed E-state index contributed by atoms with van der Waals surface area (Å²) in [5, 5.41) is 3.40. The molecule has 0 aliphatic heterocycles. The van der Waals surface area contributed by atoms with E-state index in [9.17, 15) is 0 Å². The van der Waals surface area contributed by atoms with E-state index >= 15 is 0 Å². The molecule has 0 bridgehead atoms. The number of halogens is 1. The molecule has 0 fully saturated rings. The Labute approximate surface area is 122 Å². The number of hydrogen-bond acceptors (Lipinski definition) is 2. The van der Waals surface area contributed by atoms with Crippen LogP contribution in [-0.4, -0.2) is 6.61 Å². The smallest absolute Gasteiger partial charge is 0.119 e. The molecule has 0 heterocycles. The molecule has 19 heavy (non-hydrogen) atoms. The number of hydrogen-bond donors (Lipinski definition) is 1. The molecule has 0 radical (unpaired) electrons. The van der Waals surface area contributed by atoms with Crippen molar-refractivity contribution in [3.8, 4) is 5.75 Å². The molecule has 2 aromatic carbocycles. The van der Waals surface area contributed by atoms with Gasteiger partial charge in [-0.25, -0.2) is 0 Å². The second-order valence-electron chi connectivity index (χ2n) is 4.36. The maximum Gasteiger partial charge on any atom is 0.119 e. The summed E-state index contributed by atoms with van der Waals surface area (Å²) in [5.41, 5.74) is 2.33. The predicted octanol–water partition coefficient (Wildman–Crippen LogP) is 4.85. The third-order valence-corrected chi connectivity index (χ3v) is 3.24. The molecular formula is C16H18BrNO. The zero-order valence-corrected chi connectivity index (χ0v) is 12.6. The number of rotatable bonds is 6. The Morgan fingerprint density at radius 1 is 1.11 bits per heavy atom. The van der Waals surface area contributed by atoms with E-state index in [1.807, 2.05) is 24.3 Å². The molecule has 0 aromatic heterocycles. The lowest BCUT2D eigenvalue weighted by atomic mass is 10.2. The highest BCUT2D eigenvalue weighted by atomic mass is 79.9. The van der Waals surface area contributed by atoms with Crippen LogP contribution in [0.15, 0.2) is 53.0 Å². The average Bonchev–Trinajstić information content (AvgIpc) is 2.45. The summed E-state index contributed by atoms with van der Waals surface area (Å²) in [6.07, 6.45) is 1.03. The average molecular weight is 320 g/mol. The largest absolute Gasteiger partial charge is 0.494 e. The molecule has 0 atom stereocenters. The molecule has 2 nitrogen and oxygen atoms in total. The fourth-order valence-corrected chi connectivity index (χ4v) is 2.00. The van der Waals surface area contributed by atoms with Crippen molar-refractivity contribution in [3.63, 3.8) is 0 Å². The SMILES string of the molecule is CCCOc1cccc(CNc2ccc(Br)cc2)c1. The molecule has 0 spiro atoms. The zero-order chi connectivity index (χ0) is 13.5. The Hall–Kier alpha value is -1.48.